The summed E-state index contributed by atoms with van der Waals surface area (Å²) < 4.78 is 42.4. The zero-order valence-corrected chi connectivity index (χ0v) is 9.03. The van der Waals surface area contributed by atoms with Gasteiger partial charge in [-0.15, -0.1) is 0 Å². The van der Waals surface area contributed by atoms with Gasteiger partial charge in [-0.05, 0) is 12.1 Å². The van der Waals surface area contributed by atoms with E-state index in [-0.39, 0.29) is 12.4 Å². The lowest BCUT2D eigenvalue weighted by Gasteiger charge is -2.09. The highest BCUT2D eigenvalue weighted by molar-refractivity contribution is 5.41. The van der Waals surface area contributed by atoms with Gasteiger partial charge in [0.15, 0.2) is 5.69 Å². The number of nitrogens with two attached hydrogens (primary N) is 1. The second-order valence-corrected chi connectivity index (χ2v) is 3.43. The van der Waals surface area contributed by atoms with E-state index in [0.717, 1.165) is 6.07 Å². The molecule has 3 N–H and O–H groups in total. The molecule has 0 aliphatic carbocycles. The molecular weight excluding hydrogens is 249 g/mol. The van der Waals surface area contributed by atoms with Crippen LogP contribution >= 0.6 is 0 Å². The Balaban J connectivity index is 2.15. The normalized spacial score (nSPS) is 11.5. The Kier molecular flexibility index (Phi) is 3.09. The lowest BCUT2D eigenvalue weighted by Crippen LogP contribution is -2.12. The molecule has 0 aliphatic rings. The van der Waals surface area contributed by atoms with Crippen molar-refractivity contribution in [3.05, 3.63) is 35.9 Å². The molecule has 0 spiro atoms. The molecule has 0 unspecified atom stereocenters. The minimum absolute atomic E-state index is 0.00813. The molecule has 18 heavy (non-hydrogen) atoms. The zero-order valence-electron chi connectivity index (χ0n) is 9.03. The number of nitrogen functional groups attached to an aromatic ring is 1. The Morgan fingerprint density at radius 3 is 2.72 bits per heavy atom. The van der Waals surface area contributed by atoms with Crippen LogP contribution in [0.1, 0.15) is 11.5 Å². The molecule has 0 saturated heterocycles. The Hall–Kier alpha value is -2.25. The van der Waals surface area contributed by atoms with E-state index < -0.39 is 17.8 Å². The minimum atomic E-state index is -4.56. The second-order valence-electron chi connectivity index (χ2n) is 3.43. The number of nitrogens with one attached hydrogen (secondary N) is 1. The van der Waals surface area contributed by atoms with Gasteiger partial charge in [-0.1, -0.05) is 0 Å². The molecule has 0 atom stereocenters. The number of hydrogen-bond donors (Lipinski definition) is 2. The van der Waals surface area contributed by atoms with Crippen molar-refractivity contribution in [1.82, 2.24) is 9.97 Å². The van der Waals surface area contributed by atoms with Crippen LogP contribution in [-0.4, -0.2) is 9.97 Å². The molecule has 2 aromatic rings. The Bertz CT molecular complexity index is 524. The third kappa shape index (κ3) is 2.90. The number of nitrogens with zero attached hydrogens (tertiary/aromatic N) is 2. The van der Waals surface area contributed by atoms with Crippen molar-refractivity contribution < 1.29 is 17.6 Å². The summed E-state index contributed by atoms with van der Waals surface area (Å²) in [6, 6.07) is 4.15. The van der Waals surface area contributed by atoms with Gasteiger partial charge in [-0.3, -0.25) is 0 Å². The standard InChI is InChI=1S/C10H9F3N4O/c11-10(12,13)7-4-8(17-9(14)16-7)15-5-6-2-1-3-18-6/h1-4H,5H2,(H3,14,15,16,17). The number of anilines is 2. The summed E-state index contributed by atoms with van der Waals surface area (Å²) in [5.74, 6) is 0.124. The smallest absolute Gasteiger partial charge is 0.433 e. The van der Waals surface area contributed by atoms with Crippen LogP contribution in [0.25, 0.3) is 0 Å². The zero-order chi connectivity index (χ0) is 13.2. The van der Waals surface area contributed by atoms with Gasteiger partial charge < -0.3 is 15.5 Å². The average Bonchev–Trinajstić information content (AvgIpc) is 2.77. The molecule has 0 saturated carbocycles. The van der Waals surface area contributed by atoms with Gasteiger partial charge in [0, 0.05) is 6.07 Å². The maximum absolute atomic E-state index is 12.5. The van der Waals surface area contributed by atoms with E-state index >= 15 is 0 Å². The van der Waals surface area contributed by atoms with Gasteiger partial charge in [0.05, 0.1) is 12.8 Å². The summed E-state index contributed by atoms with van der Waals surface area (Å²) in [5, 5.41) is 2.68. The van der Waals surface area contributed by atoms with Crippen LogP contribution in [0.2, 0.25) is 0 Å². The lowest BCUT2D eigenvalue weighted by molar-refractivity contribution is -0.141. The highest BCUT2D eigenvalue weighted by Gasteiger charge is 2.33. The van der Waals surface area contributed by atoms with Crippen LogP contribution in [0.3, 0.4) is 0 Å². The van der Waals surface area contributed by atoms with Crippen molar-refractivity contribution in [2.75, 3.05) is 11.1 Å². The maximum Gasteiger partial charge on any atom is 0.433 e. The Morgan fingerprint density at radius 1 is 1.33 bits per heavy atom. The van der Waals surface area contributed by atoms with Crippen LogP contribution in [0.5, 0.6) is 0 Å². The van der Waals surface area contributed by atoms with Crippen molar-refractivity contribution in [3.63, 3.8) is 0 Å². The average molecular weight is 258 g/mol. The molecule has 2 aromatic heterocycles. The summed E-state index contributed by atoms with van der Waals surface area (Å²) in [5.41, 5.74) is 4.13. The van der Waals surface area contributed by atoms with Crippen molar-refractivity contribution in [2.45, 2.75) is 12.7 Å². The molecule has 0 aromatic carbocycles. The maximum atomic E-state index is 12.5. The van der Waals surface area contributed by atoms with E-state index in [1.165, 1.54) is 6.26 Å². The highest BCUT2D eigenvalue weighted by Crippen LogP contribution is 2.29. The predicted molar refractivity (Wildman–Crippen MR) is 57.5 cm³/mol. The fraction of sp³-hybridized carbons (Fsp3) is 0.200. The molecule has 0 bridgehead atoms. The van der Waals surface area contributed by atoms with Crippen LogP contribution < -0.4 is 11.1 Å². The molecular formula is C10H9F3N4O. The third-order valence-electron chi connectivity index (χ3n) is 2.06. The fourth-order valence-corrected chi connectivity index (χ4v) is 1.29. The van der Waals surface area contributed by atoms with Crippen LogP contribution in [-0.2, 0) is 12.7 Å². The van der Waals surface area contributed by atoms with E-state index in [2.05, 4.69) is 15.3 Å². The van der Waals surface area contributed by atoms with Gasteiger partial charge in [0.1, 0.15) is 11.6 Å². The first-order chi connectivity index (χ1) is 8.45. The minimum Gasteiger partial charge on any atom is -0.467 e. The lowest BCUT2D eigenvalue weighted by atomic mass is 10.3. The summed E-state index contributed by atoms with van der Waals surface area (Å²) in [7, 11) is 0. The summed E-state index contributed by atoms with van der Waals surface area (Å²) >= 11 is 0. The molecule has 5 nitrogen and oxygen atoms in total. The quantitative estimate of drug-likeness (QED) is 0.883. The third-order valence-corrected chi connectivity index (χ3v) is 2.06. The van der Waals surface area contributed by atoms with Crippen molar-refractivity contribution in [2.24, 2.45) is 0 Å². The first kappa shape index (κ1) is 12.2. The van der Waals surface area contributed by atoms with Gasteiger partial charge in [0.25, 0.3) is 0 Å². The summed E-state index contributed by atoms with van der Waals surface area (Å²) in [6.45, 7) is 0.209. The van der Waals surface area contributed by atoms with E-state index in [9.17, 15) is 13.2 Å². The number of furan rings is 1. The van der Waals surface area contributed by atoms with Crippen molar-refractivity contribution in [3.8, 4) is 0 Å². The van der Waals surface area contributed by atoms with E-state index in [0.29, 0.717) is 5.76 Å². The number of rotatable bonds is 3. The molecule has 0 radical (unpaired) electrons. The van der Waals surface area contributed by atoms with Gasteiger partial charge in [-0.2, -0.15) is 18.2 Å². The van der Waals surface area contributed by atoms with Crippen LogP contribution in [0.4, 0.5) is 24.9 Å². The first-order valence-corrected chi connectivity index (χ1v) is 4.93. The van der Waals surface area contributed by atoms with Crippen molar-refractivity contribution in [1.29, 1.82) is 0 Å². The van der Waals surface area contributed by atoms with E-state index in [1.54, 1.807) is 12.1 Å². The SMILES string of the molecule is Nc1nc(NCc2ccco2)cc(C(F)(F)F)n1. The number of aromatic nitrogens is 2. The molecule has 2 heterocycles. The Morgan fingerprint density at radius 2 is 2.11 bits per heavy atom. The van der Waals surface area contributed by atoms with Gasteiger partial charge >= 0.3 is 6.18 Å². The van der Waals surface area contributed by atoms with Crippen LogP contribution in [0.15, 0.2) is 28.9 Å². The first-order valence-electron chi connectivity index (χ1n) is 4.93. The number of halogens is 3. The molecule has 0 amide bonds. The van der Waals surface area contributed by atoms with E-state index in [4.69, 9.17) is 10.2 Å². The number of hydrogen-bond acceptors (Lipinski definition) is 5. The molecule has 2 rings (SSSR count). The largest absolute Gasteiger partial charge is 0.467 e. The predicted octanol–water partition coefficient (Wildman–Crippen LogP) is 2.28. The number of alkyl halides is 3. The summed E-state index contributed by atoms with van der Waals surface area (Å²) in [4.78, 5) is 6.79. The Labute approximate surface area is 99.8 Å². The molecule has 8 heteroatoms. The fourth-order valence-electron chi connectivity index (χ4n) is 1.29. The monoisotopic (exact) mass is 258 g/mol. The van der Waals surface area contributed by atoms with Gasteiger partial charge in [-0.25, -0.2) is 4.98 Å². The van der Waals surface area contributed by atoms with Gasteiger partial charge in [0.2, 0.25) is 5.95 Å². The molecule has 0 aliphatic heterocycles. The molecule has 0 fully saturated rings. The highest BCUT2D eigenvalue weighted by atomic mass is 19.4. The summed E-state index contributed by atoms with van der Waals surface area (Å²) in [6.07, 6.45) is -3.09. The van der Waals surface area contributed by atoms with Crippen LogP contribution in [0, 0.1) is 0 Å². The van der Waals surface area contributed by atoms with E-state index in [1.807, 2.05) is 0 Å². The second kappa shape index (κ2) is 4.55. The molecule has 96 valence electrons. The topological polar surface area (TPSA) is 77.0 Å². The van der Waals surface area contributed by atoms with Crippen molar-refractivity contribution >= 4 is 11.8 Å².